The van der Waals surface area contributed by atoms with Crippen molar-refractivity contribution in [1.29, 1.82) is 0 Å². The van der Waals surface area contributed by atoms with E-state index in [1.54, 1.807) is 0 Å². The summed E-state index contributed by atoms with van der Waals surface area (Å²) in [7, 11) is 0. The number of halogens is 2. The summed E-state index contributed by atoms with van der Waals surface area (Å²) in [6, 6.07) is 0. The molecule has 0 atom stereocenters. The van der Waals surface area contributed by atoms with Crippen molar-refractivity contribution in [1.82, 2.24) is 0 Å². The predicted octanol–water partition coefficient (Wildman–Crippen LogP) is 2.75. The molecular weight excluding hydrogens is 135 g/mol. The zero-order chi connectivity index (χ0) is 5.45. The van der Waals surface area contributed by atoms with Gasteiger partial charge in [0.1, 0.15) is 0 Å². The number of hydrogen-bond acceptors (Lipinski definition) is 0. The third-order valence-corrected chi connectivity index (χ3v) is 0. The molecule has 6 heavy (non-hydrogen) atoms. The summed E-state index contributed by atoms with van der Waals surface area (Å²) >= 11 is 11.4. The Labute approximate surface area is 48.3 Å². The first-order valence-corrected chi connectivity index (χ1v) is 7.90. The topological polar surface area (TPSA) is 0 Å². The van der Waals surface area contributed by atoms with Gasteiger partial charge >= 0.3 is 47.8 Å². The molecule has 0 aliphatic heterocycles. The Morgan fingerprint density at radius 2 is 1.00 bits per heavy atom. The van der Waals surface area contributed by atoms with Gasteiger partial charge in [0, 0.05) is 0 Å². The molecular formula is C3H9Cl2Si-. The Balaban J connectivity index is 3.73. The average Bonchev–Trinajstić information content (AvgIpc) is 0.650. The fourth-order valence-electron chi connectivity index (χ4n) is 0. The van der Waals surface area contributed by atoms with Crippen molar-refractivity contribution in [3.05, 3.63) is 0 Å². The minimum atomic E-state index is -2.31. The fraction of sp³-hybridized carbons (Fsp3) is 1.00. The molecule has 0 aromatic carbocycles. The van der Waals surface area contributed by atoms with Crippen LogP contribution in [0.15, 0.2) is 0 Å². The van der Waals surface area contributed by atoms with E-state index in [-0.39, 0.29) is 0 Å². The van der Waals surface area contributed by atoms with E-state index in [9.17, 15) is 0 Å². The van der Waals surface area contributed by atoms with E-state index in [1.165, 1.54) is 0 Å². The van der Waals surface area contributed by atoms with Gasteiger partial charge in [-0.3, -0.25) is 0 Å². The molecule has 0 rings (SSSR count). The van der Waals surface area contributed by atoms with Crippen LogP contribution in [0.25, 0.3) is 0 Å². The van der Waals surface area contributed by atoms with Crippen LogP contribution in [0.3, 0.4) is 0 Å². The van der Waals surface area contributed by atoms with E-state index >= 15 is 0 Å². The zero-order valence-electron chi connectivity index (χ0n) is 4.26. The molecule has 0 saturated heterocycles. The van der Waals surface area contributed by atoms with Gasteiger partial charge in [0.15, 0.2) is 0 Å². The monoisotopic (exact) mass is 143 g/mol. The maximum absolute atomic E-state index is 5.70. The van der Waals surface area contributed by atoms with Gasteiger partial charge < -0.3 is 0 Å². The first-order chi connectivity index (χ1) is 2.24. The average molecular weight is 144 g/mol. The Hall–Kier alpha value is 0.797. The number of hydrogen-bond donors (Lipinski definition) is 0. The van der Waals surface area contributed by atoms with Gasteiger partial charge in [-0.05, 0) is 0 Å². The van der Waals surface area contributed by atoms with Crippen LogP contribution in [0.2, 0.25) is 19.6 Å². The molecule has 3 heteroatoms. The van der Waals surface area contributed by atoms with E-state index in [0.29, 0.717) is 0 Å². The molecule has 0 fully saturated rings. The van der Waals surface area contributed by atoms with Gasteiger partial charge in [0.25, 0.3) is 0 Å². The predicted molar refractivity (Wildman–Crippen MR) is 35.1 cm³/mol. The van der Waals surface area contributed by atoms with E-state index < -0.39 is 5.97 Å². The Kier molecular flexibility index (Phi) is 1.30. The molecule has 0 bridgehead atoms. The zero-order valence-corrected chi connectivity index (χ0v) is 6.77. The van der Waals surface area contributed by atoms with Gasteiger partial charge in [0.2, 0.25) is 0 Å². The standard InChI is InChI=1S/C3H9Cl2Si/c1-6(2,3,4)5/h1-3H3/q-1. The van der Waals surface area contributed by atoms with E-state index in [2.05, 4.69) is 0 Å². The molecule has 0 saturated carbocycles. The summed E-state index contributed by atoms with van der Waals surface area (Å²) in [6.07, 6.45) is 0. The van der Waals surface area contributed by atoms with Crippen molar-refractivity contribution in [2.45, 2.75) is 19.6 Å². The molecule has 0 amide bonds. The SMILES string of the molecule is C[Si-](C)(C)(Cl)Cl. The maximum atomic E-state index is 5.70. The molecule has 0 unspecified atom stereocenters. The second-order valence-corrected chi connectivity index (χ2v) is 16.6. The third-order valence-electron chi connectivity index (χ3n) is 0. The van der Waals surface area contributed by atoms with Crippen LogP contribution in [0.1, 0.15) is 0 Å². The number of rotatable bonds is 0. The van der Waals surface area contributed by atoms with Gasteiger partial charge in [-0.1, -0.05) is 0 Å². The molecule has 0 aliphatic rings. The van der Waals surface area contributed by atoms with Crippen molar-refractivity contribution in [3.8, 4) is 0 Å². The molecule has 0 heterocycles. The molecule has 0 radical (unpaired) electrons. The molecule has 0 N–H and O–H groups in total. The van der Waals surface area contributed by atoms with Crippen molar-refractivity contribution < 1.29 is 0 Å². The van der Waals surface area contributed by atoms with Gasteiger partial charge in [-0.25, -0.2) is 0 Å². The molecule has 0 aliphatic carbocycles. The van der Waals surface area contributed by atoms with E-state index in [1.807, 2.05) is 19.6 Å². The van der Waals surface area contributed by atoms with Gasteiger partial charge in [0.05, 0.1) is 0 Å². The summed E-state index contributed by atoms with van der Waals surface area (Å²) in [5, 5.41) is 0. The Morgan fingerprint density at radius 1 is 1.00 bits per heavy atom. The van der Waals surface area contributed by atoms with Crippen LogP contribution in [-0.2, 0) is 0 Å². The molecule has 0 aromatic rings. The van der Waals surface area contributed by atoms with Crippen molar-refractivity contribution >= 4 is 28.1 Å². The second-order valence-electron chi connectivity index (χ2n) is 2.71. The van der Waals surface area contributed by atoms with Crippen molar-refractivity contribution in [3.63, 3.8) is 0 Å². The quantitative estimate of drug-likeness (QED) is 0.362. The summed E-state index contributed by atoms with van der Waals surface area (Å²) in [5.41, 5.74) is 0. The van der Waals surface area contributed by atoms with E-state index in [0.717, 1.165) is 0 Å². The fourth-order valence-corrected chi connectivity index (χ4v) is 0. The van der Waals surface area contributed by atoms with Crippen LogP contribution in [0.4, 0.5) is 0 Å². The summed E-state index contributed by atoms with van der Waals surface area (Å²) in [5.74, 6) is -2.31. The van der Waals surface area contributed by atoms with Crippen LogP contribution >= 0.6 is 22.2 Å². The van der Waals surface area contributed by atoms with Crippen LogP contribution in [-0.4, -0.2) is 5.97 Å². The van der Waals surface area contributed by atoms with Gasteiger partial charge in [-0.2, -0.15) is 0 Å². The summed E-state index contributed by atoms with van der Waals surface area (Å²) < 4.78 is 0. The normalized spacial score (nSPS) is 19.2. The Bertz CT molecular complexity index is 42.0. The first kappa shape index (κ1) is 6.80. The van der Waals surface area contributed by atoms with Crippen LogP contribution < -0.4 is 0 Å². The van der Waals surface area contributed by atoms with Crippen molar-refractivity contribution in [2.75, 3.05) is 0 Å². The molecule has 40 valence electrons. The van der Waals surface area contributed by atoms with Gasteiger partial charge in [-0.15, -0.1) is 0 Å². The van der Waals surface area contributed by atoms with Crippen LogP contribution in [0, 0.1) is 0 Å². The van der Waals surface area contributed by atoms with E-state index in [4.69, 9.17) is 22.2 Å². The second kappa shape index (κ2) is 1.14. The summed E-state index contributed by atoms with van der Waals surface area (Å²) in [4.78, 5) is 0. The van der Waals surface area contributed by atoms with Crippen LogP contribution in [0.5, 0.6) is 0 Å². The third kappa shape index (κ3) is 109. The molecule has 0 spiro atoms. The molecule has 0 aromatic heterocycles. The molecule has 0 nitrogen and oxygen atoms in total. The summed E-state index contributed by atoms with van der Waals surface area (Å²) in [6.45, 7) is 5.68. The Morgan fingerprint density at radius 3 is 1.00 bits per heavy atom. The van der Waals surface area contributed by atoms with Crippen molar-refractivity contribution in [2.24, 2.45) is 0 Å². The first-order valence-electron chi connectivity index (χ1n) is 1.88. The minimum absolute atomic E-state index is 1.89.